The molecule has 179 valence electrons. The van der Waals surface area contributed by atoms with E-state index in [9.17, 15) is 0 Å². The van der Waals surface area contributed by atoms with Gasteiger partial charge in [-0.3, -0.25) is 0 Å². The molecule has 37 heavy (non-hydrogen) atoms. The summed E-state index contributed by atoms with van der Waals surface area (Å²) >= 11 is 0. The van der Waals surface area contributed by atoms with Gasteiger partial charge in [0.05, 0.1) is 11.0 Å². The first-order chi connectivity index (χ1) is 17.8. The molecule has 8 rings (SSSR count). The van der Waals surface area contributed by atoms with Crippen molar-refractivity contribution in [2.45, 2.75) is 6.92 Å². The number of aromatic nitrogens is 4. The molecular formula is C31H19IrN4O-. The summed E-state index contributed by atoms with van der Waals surface area (Å²) in [7, 11) is 0. The van der Waals surface area contributed by atoms with E-state index in [1.807, 2.05) is 6.20 Å². The zero-order valence-corrected chi connectivity index (χ0v) is 22.2. The molecule has 4 aromatic heterocycles. The number of rotatable bonds is 2. The van der Waals surface area contributed by atoms with Gasteiger partial charge in [-0.25, -0.2) is 0 Å². The first-order valence-electron chi connectivity index (χ1n) is 11.9. The Bertz CT molecular complexity index is 2080. The molecule has 0 aliphatic rings. The molecule has 0 bridgehead atoms. The molecule has 8 aromatic rings. The van der Waals surface area contributed by atoms with Crippen LogP contribution >= 0.6 is 0 Å². The van der Waals surface area contributed by atoms with Crippen molar-refractivity contribution < 1.29 is 24.6 Å². The minimum atomic E-state index is 0. The summed E-state index contributed by atoms with van der Waals surface area (Å²) in [5.41, 5.74) is 9.53. The summed E-state index contributed by atoms with van der Waals surface area (Å²) in [6.07, 6.45) is 4.77. The van der Waals surface area contributed by atoms with Crippen LogP contribution in [0.15, 0.2) is 102 Å². The second-order valence-corrected chi connectivity index (χ2v) is 9.22. The smallest absolute Gasteiger partial charge is 0.0541 e. The van der Waals surface area contributed by atoms with Gasteiger partial charge in [0.2, 0.25) is 0 Å². The van der Waals surface area contributed by atoms with E-state index in [-0.39, 0.29) is 20.1 Å². The average Bonchev–Trinajstić information content (AvgIpc) is 3.64. The molecule has 1 radical (unpaired) electrons. The minimum Gasteiger partial charge on any atom is -0.439 e. The van der Waals surface area contributed by atoms with Gasteiger partial charge in [0.1, 0.15) is 0 Å². The Kier molecular flexibility index (Phi) is 4.83. The van der Waals surface area contributed by atoms with Gasteiger partial charge in [0, 0.05) is 71.4 Å². The van der Waals surface area contributed by atoms with Crippen LogP contribution in [-0.2, 0) is 20.1 Å². The number of pyridine rings is 1. The molecule has 0 aliphatic carbocycles. The molecule has 0 saturated carbocycles. The Morgan fingerprint density at radius 2 is 1.46 bits per heavy atom. The van der Waals surface area contributed by atoms with Crippen molar-refractivity contribution in [2.75, 3.05) is 0 Å². The second kappa shape index (κ2) is 8.13. The van der Waals surface area contributed by atoms with Gasteiger partial charge in [0.15, 0.2) is 0 Å². The van der Waals surface area contributed by atoms with E-state index in [2.05, 4.69) is 123 Å². The minimum absolute atomic E-state index is 0. The predicted octanol–water partition coefficient (Wildman–Crippen LogP) is 7.50. The zero-order valence-electron chi connectivity index (χ0n) is 19.8. The van der Waals surface area contributed by atoms with Crippen molar-refractivity contribution in [2.24, 2.45) is 0 Å². The molecule has 4 aromatic carbocycles. The second-order valence-electron chi connectivity index (χ2n) is 9.22. The van der Waals surface area contributed by atoms with E-state index in [0.29, 0.717) is 0 Å². The molecule has 0 amide bonds. The third kappa shape index (κ3) is 3.06. The van der Waals surface area contributed by atoms with Crippen molar-refractivity contribution in [3.63, 3.8) is 0 Å². The first-order valence-corrected chi connectivity index (χ1v) is 11.9. The van der Waals surface area contributed by atoms with E-state index >= 15 is 0 Å². The Hall–Kier alpha value is -4.25. The summed E-state index contributed by atoms with van der Waals surface area (Å²) in [6, 6.07) is 32.4. The third-order valence-corrected chi connectivity index (χ3v) is 7.19. The topological polar surface area (TPSA) is 48.3 Å². The van der Waals surface area contributed by atoms with E-state index in [4.69, 9.17) is 4.52 Å². The maximum Gasteiger partial charge on any atom is 0.0541 e. The Labute approximate surface area is 225 Å². The van der Waals surface area contributed by atoms with Gasteiger partial charge in [-0.15, -0.1) is 0 Å². The van der Waals surface area contributed by atoms with Gasteiger partial charge in [-0.1, -0.05) is 66.0 Å². The monoisotopic (exact) mass is 656 g/mol. The summed E-state index contributed by atoms with van der Waals surface area (Å²) in [5.74, 6) is 0. The summed E-state index contributed by atoms with van der Waals surface area (Å²) < 4.78 is 9.71. The molecule has 0 spiro atoms. The van der Waals surface area contributed by atoms with Crippen LogP contribution in [0.3, 0.4) is 0 Å². The summed E-state index contributed by atoms with van der Waals surface area (Å²) in [6.45, 7) is 2.06. The van der Waals surface area contributed by atoms with Crippen LogP contribution in [0.5, 0.6) is 0 Å². The molecule has 4 heterocycles. The fourth-order valence-electron chi connectivity index (χ4n) is 5.58. The first kappa shape index (κ1) is 22.0. The molecule has 6 heteroatoms. The molecule has 0 N–H and O–H groups in total. The van der Waals surface area contributed by atoms with Crippen molar-refractivity contribution in [1.29, 1.82) is 0 Å². The molecule has 0 fully saturated rings. The van der Waals surface area contributed by atoms with Crippen molar-refractivity contribution >= 4 is 49.3 Å². The number of fused-ring (bicyclic) bond motifs is 9. The van der Waals surface area contributed by atoms with Crippen LogP contribution in [-0.4, -0.2) is 19.1 Å². The van der Waals surface area contributed by atoms with Crippen LogP contribution in [0.1, 0.15) is 5.69 Å². The zero-order chi connectivity index (χ0) is 23.8. The van der Waals surface area contributed by atoms with Gasteiger partial charge in [-0.2, -0.15) is 5.16 Å². The number of imidazole rings is 1. The number of para-hydroxylation sites is 2. The number of benzene rings is 4. The van der Waals surface area contributed by atoms with Crippen molar-refractivity contribution in [3.05, 3.63) is 109 Å². The summed E-state index contributed by atoms with van der Waals surface area (Å²) in [5, 5.41) is 8.57. The van der Waals surface area contributed by atoms with Crippen molar-refractivity contribution in [1.82, 2.24) is 19.1 Å². The molecule has 0 aliphatic heterocycles. The van der Waals surface area contributed by atoms with Gasteiger partial charge in [-0.05, 0) is 53.8 Å². The SMILES string of the molecule is Cc1cnc2c3[c-]onc3c3ccc(-c4cccc(-n5c6ccccc6c6ccccc65)c4)cc3n12.[Ir]. The van der Waals surface area contributed by atoms with Crippen LogP contribution in [0, 0.1) is 13.2 Å². The quantitative estimate of drug-likeness (QED) is 0.181. The largest absolute Gasteiger partial charge is 0.439 e. The van der Waals surface area contributed by atoms with Gasteiger partial charge < -0.3 is 18.5 Å². The van der Waals surface area contributed by atoms with Crippen molar-refractivity contribution in [3.8, 4) is 16.8 Å². The molecule has 5 nitrogen and oxygen atoms in total. The number of hydrogen-bond donors (Lipinski definition) is 0. The molecule has 0 unspecified atom stereocenters. The summed E-state index contributed by atoms with van der Waals surface area (Å²) in [4.78, 5) is 4.61. The standard InChI is InChI=1S/C31H19N4O.Ir/c1-19-17-32-31-26-18-36-33-30(26)25-14-13-21(16-29(25)34(19)31)20-7-6-8-22(15-20)35-27-11-4-2-9-23(27)24-10-3-5-12-28(24)35;/h2-17H,1H3;/q-1;. The van der Waals surface area contributed by atoms with Crippen LogP contribution in [0.25, 0.3) is 66.1 Å². The maximum atomic E-state index is 5.20. The van der Waals surface area contributed by atoms with Crippen LogP contribution in [0.2, 0.25) is 0 Å². The Morgan fingerprint density at radius 3 is 2.24 bits per heavy atom. The number of nitrogens with zero attached hydrogens (tertiary/aromatic N) is 4. The van der Waals surface area contributed by atoms with E-state index < -0.39 is 0 Å². The molecule has 0 atom stereocenters. The average molecular weight is 656 g/mol. The van der Waals surface area contributed by atoms with E-state index in [1.165, 1.54) is 21.8 Å². The maximum absolute atomic E-state index is 5.20. The fourth-order valence-corrected chi connectivity index (χ4v) is 5.58. The van der Waals surface area contributed by atoms with E-state index in [0.717, 1.165) is 50.0 Å². The molecular weight excluding hydrogens is 637 g/mol. The van der Waals surface area contributed by atoms with Crippen LogP contribution < -0.4 is 0 Å². The predicted molar refractivity (Wildman–Crippen MR) is 144 cm³/mol. The normalized spacial score (nSPS) is 11.7. The number of aryl methyl sites for hydroxylation is 1. The number of hydrogen-bond acceptors (Lipinski definition) is 3. The fraction of sp³-hybridized carbons (Fsp3) is 0.0323. The Morgan fingerprint density at radius 1 is 0.730 bits per heavy atom. The molecule has 0 saturated heterocycles. The van der Waals surface area contributed by atoms with Gasteiger partial charge >= 0.3 is 0 Å². The van der Waals surface area contributed by atoms with Crippen LogP contribution in [0.4, 0.5) is 0 Å². The van der Waals surface area contributed by atoms with Gasteiger partial charge in [0.25, 0.3) is 0 Å². The third-order valence-electron chi connectivity index (χ3n) is 7.19. The Balaban J connectivity index is 0.00000231. The van der Waals surface area contributed by atoms with E-state index in [1.54, 1.807) is 0 Å².